The Hall–Kier alpha value is -2.33. The van der Waals surface area contributed by atoms with Crippen LogP contribution in [0.3, 0.4) is 0 Å². The number of aryl methyl sites for hydroxylation is 1. The number of hydrogen-bond acceptors (Lipinski definition) is 3. The van der Waals surface area contributed by atoms with Gasteiger partial charge in [0.25, 0.3) is 0 Å². The minimum atomic E-state index is 0.0651. The number of nitrogens with one attached hydrogen (secondary N) is 1. The molecule has 1 N–H and O–H groups in total. The number of hydrogen-bond donors (Lipinski definition) is 1. The highest BCUT2D eigenvalue weighted by atomic mass is 16.5. The Morgan fingerprint density at radius 2 is 2.04 bits per heavy atom. The van der Waals surface area contributed by atoms with Crippen molar-refractivity contribution in [1.29, 1.82) is 0 Å². The molecule has 1 aliphatic rings. The standard InChI is InChI=1S/C21H25N3O/c1-15-12-19-18(14-23-24(19)20-10-6-7-11-25-20)21(16(15)2)22-13-17-8-4-3-5-9-17/h3-5,8-9,12,14,20,22H,6-7,10-11,13H2,1-2H3. The van der Waals surface area contributed by atoms with E-state index < -0.39 is 0 Å². The Bertz CT molecular complexity index is 864. The molecule has 4 rings (SSSR count). The predicted octanol–water partition coefficient (Wildman–Crippen LogP) is 4.96. The Balaban J connectivity index is 1.70. The van der Waals surface area contributed by atoms with Crippen LogP contribution >= 0.6 is 0 Å². The average Bonchev–Trinajstić information content (AvgIpc) is 3.07. The molecule has 130 valence electrons. The van der Waals surface area contributed by atoms with Crippen molar-refractivity contribution >= 4 is 16.6 Å². The molecule has 3 aromatic rings. The fourth-order valence-electron chi connectivity index (χ4n) is 3.58. The smallest absolute Gasteiger partial charge is 0.150 e. The number of fused-ring (bicyclic) bond motifs is 1. The van der Waals surface area contributed by atoms with Crippen LogP contribution < -0.4 is 5.32 Å². The van der Waals surface area contributed by atoms with Crippen LogP contribution in [0.4, 0.5) is 5.69 Å². The fourth-order valence-corrected chi connectivity index (χ4v) is 3.58. The van der Waals surface area contributed by atoms with Gasteiger partial charge >= 0.3 is 0 Å². The molecule has 1 unspecified atom stereocenters. The van der Waals surface area contributed by atoms with Gasteiger partial charge in [0.15, 0.2) is 6.23 Å². The Kier molecular flexibility index (Phi) is 4.45. The summed E-state index contributed by atoms with van der Waals surface area (Å²) in [5.41, 5.74) is 6.18. The molecule has 1 saturated heterocycles. The lowest BCUT2D eigenvalue weighted by molar-refractivity contribution is -0.0366. The first-order chi connectivity index (χ1) is 12.2. The average molecular weight is 335 g/mol. The van der Waals surface area contributed by atoms with Crippen LogP contribution in [0.1, 0.15) is 42.2 Å². The highest BCUT2D eigenvalue weighted by molar-refractivity contribution is 5.94. The van der Waals surface area contributed by atoms with Crippen molar-refractivity contribution in [3.05, 3.63) is 59.3 Å². The minimum Gasteiger partial charge on any atom is -0.380 e. The quantitative estimate of drug-likeness (QED) is 0.732. The Morgan fingerprint density at radius 3 is 2.80 bits per heavy atom. The second-order valence-corrected chi connectivity index (χ2v) is 6.88. The zero-order valence-corrected chi connectivity index (χ0v) is 15.0. The molecule has 2 aromatic carbocycles. The number of aromatic nitrogens is 2. The molecule has 0 saturated carbocycles. The number of benzene rings is 2. The van der Waals surface area contributed by atoms with Gasteiger partial charge in [-0.15, -0.1) is 0 Å². The van der Waals surface area contributed by atoms with E-state index in [1.165, 1.54) is 34.2 Å². The van der Waals surface area contributed by atoms with Gasteiger partial charge in [-0.1, -0.05) is 30.3 Å². The third-order valence-electron chi connectivity index (χ3n) is 5.16. The van der Waals surface area contributed by atoms with Gasteiger partial charge in [-0.2, -0.15) is 5.10 Å². The molecule has 1 aromatic heterocycles. The van der Waals surface area contributed by atoms with Gasteiger partial charge < -0.3 is 10.1 Å². The number of nitrogens with zero attached hydrogens (tertiary/aromatic N) is 2. The van der Waals surface area contributed by atoms with Crippen molar-refractivity contribution < 1.29 is 4.74 Å². The van der Waals surface area contributed by atoms with Crippen LogP contribution in [0.2, 0.25) is 0 Å². The van der Waals surface area contributed by atoms with Crippen LogP contribution in [-0.2, 0) is 11.3 Å². The minimum absolute atomic E-state index is 0.0651. The second-order valence-electron chi connectivity index (χ2n) is 6.88. The summed E-state index contributed by atoms with van der Waals surface area (Å²) in [7, 11) is 0. The maximum absolute atomic E-state index is 5.95. The van der Waals surface area contributed by atoms with Gasteiger partial charge in [0, 0.05) is 24.2 Å². The summed E-state index contributed by atoms with van der Waals surface area (Å²) in [4.78, 5) is 0. The number of ether oxygens (including phenoxy) is 1. The largest absolute Gasteiger partial charge is 0.380 e. The lowest BCUT2D eigenvalue weighted by Gasteiger charge is -2.24. The normalized spacial score (nSPS) is 17.8. The maximum atomic E-state index is 5.95. The lowest BCUT2D eigenvalue weighted by atomic mass is 10.0. The van der Waals surface area contributed by atoms with E-state index in [4.69, 9.17) is 4.74 Å². The summed E-state index contributed by atoms with van der Waals surface area (Å²) in [5.74, 6) is 0. The summed E-state index contributed by atoms with van der Waals surface area (Å²) in [6.07, 6.45) is 5.44. The first-order valence-electron chi connectivity index (χ1n) is 9.11. The van der Waals surface area contributed by atoms with Crippen molar-refractivity contribution in [2.75, 3.05) is 11.9 Å². The molecule has 4 nitrogen and oxygen atoms in total. The SMILES string of the molecule is Cc1cc2c(cnn2C2CCCCO2)c(NCc2ccccc2)c1C. The van der Waals surface area contributed by atoms with Gasteiger partial charge in [-0.25, -0.2) is 4.68 Å². The van der Waals surface area contributed by atoms with Crippen LogP contribution in [0.25, 0.3) is 10.9 Å². The summed E-state index contributed by atoms with van der Waals surface area (Å²) >= 11 is 0. The van der Waals surface area contributed by atoms with Crippen molar-refractivity contribution in [3.63, 3.8) is 0 Å². The number of rotatable bonds is 4. The van der Waals surface area contributed by atoms with Gasteiger partial charge in [-0.3, -0.25) is 0 Å². The zero-order chi connectivity index (χ0) is 17.2. The predicted molar refractivity (Wildman–Crippen MR) is 102 cm³/mol. The third-order valence-corrected chi connectivity index (χ3v) is 5.16. The van der Waals surface area contributed by atoms with E-state index in [-0.39, 0.29) is 6.23 Å². The third kappa shape index (κ3) is 3.14. The molecule has 0 aliphatic carbocycles. The fraction of sp³-hybridized carbons (Fsp3) is 0.381. The van der Waals surface area contributed by atoms with Crippen molar-refractivity contribution in [2.24, 2.45) is 0 Å². The molecule has 2 heterocycles. The molecule has 0 bridgehead atoms. The summed E-state index contributed by atoms with van der Waals surface area (Å²) in [6.45, 7) is 5.99. The Labute approximate surface area is 148 Å². The van der Waals surface area contributed by atoms with Crippen LogP contribution in [0.15, 0.2) is 42.6 Å². The van der Waals surface area contributed by atoms with Crippen LogP contribution in [0.5, 0.6) is 0 Å². The molecular formula is C21H25N3O. The Morgan fingerprint density at radius 1 is 1.20 bits per heavy atom. The summed E-state index contributed by atoms with van der Waals surface area (Å²) < 4.78 is 8.01. The van der Waals surface area contributed by atoms with E-state index in [1.54, 1.807) is 0 Å². The van der Waals surface area contributed by atoms with Gasteiger partial charge in [0.1, 0.15) is 0 Å². The summed E-state index contributed by atoms with van der Waals surface area (Å²) in [5, 5.41) is 9.48. The van der Waals surface area contributed by atoms with E-state index in [0.717, 1.165) is 31.5 Å². The maximum Gasteiger partial charge on any atom is 0.150 e. The molecular weight excluding hydrogens is 310 g/mol. The molecule has 25 heavy (non-hydrogen) atoms. The zero-order valence-electron chi connectivity index (χ0n) is 15.0. The molecule has 4 heteroatoms. The first kappa shape index (κ1) is 16.2. The topological polar surface area (TPSA) is 39.1 Å². The molecule has 1 atom stereocenters. The van der Waals surface area contributed by atoms with Crippen molar-refractivity contribution in [2.45, 2.75) is 45.9 Å². The van der Waals surface area contributed by atoms with E-state index in [0.29, 0.717) is 0 Å². The highest BCUT2D eigenvalue weighted by Crippen LogP contribution is 2.33. The monoisotopic (exact) mass is 335 g/mol. The van der Waals surface area contributed by atoms with Crippen molar-refractivity contribution in [3.8, 4) is 0 Å². The van der Waals surface area contributed by atoms with Gasteiger partial charge in [0.05, 0.1) is 11.7 Å². The van der Waals surface area contributed by atoms with Gasteiger partial charge in [-0.05, 0) is 55.9 Å². The van der Waals surface area contributed by atoms with Gasteiger partial charge in [0.2, 0.25) is 0 Å². The van der Waals surface area contributed by atoms with E-state index in [1.807, 2.05) is 12.3 Å². The molecule has 0 amide bonds. The van der Waals surface area contributed by atoms with Crippen molar-refractivity contribution in [1.82, 2.24) is 9.78 Å². The molecule has 1 aliphatic heterocycles. The highest BCUT2D eigenvalue weighted by Gasteiger charge is 2.20. The van der Waals surface area contributed by atoms with E-state index >= 15 is 0 Å². The lowest BCUT2D eigenvalue weighted by Crippen LogP contribution is -2.19. The van der Waals surface area contributed by atoms with E-state index in [9.17, 15) is 0 Å². The summed E-state index contributed by atoms with van der Waals surface area (Å²) in [6, 6.07) is 12.7. The van der Waals surface area contributed by atoms with Crippen LogP contribution in [0, 0.1) is 13.8 Å². The number of anilines is 1. The first-order valence-corrected chi connectivity index (χ1v) is 9.11. The van der Waals surface area contributed by atoms with E-state index in [2.05, 4.69) is 59.3 Å². The second kappa shape index (κ2) is 6.89. The molecule has 1 fully saturated rings. The van der Waals surface area contributed by atoms with Crippen LogP contribution in [-0.4, -0.2) is 16.4 Å². The molecule has 0 spiro atoms. The molecule has 0 radical (unpaired) electrons.